The molecule has 71 heavy (non-hydrogen) atoms. The van der Waals surface area contributed by atoms with Gasteiger partial charge in [-0.1, -0.05) is 231 Å². The lowest BCUT2D eigenvalue weighted by Gasteiger charge is -2.29. The van der Waals surface area contributed by atoms with Crippen LogP contribution in [-0.2, 0) is 0 Å². The van der Waals surface area contributed by atoms with Gasteiger partial charge in [-0.15, -0.1) is 0 Å². The van der Waals surface area contributed by atoms with E-state index in [4.69, 9.17) is 15.0 Å². The van der Waals surface area contributed by atoms with E-state index in [1.165, 1.54) is 50.1 Å². The van der Waals surface area contributed by atoms with Gasteiger partial charge >= 0.3 is 0 Å². The molecule has 0 spiro atoms. The summed E-state index contributed by atoms with van der Waals surface area (Å²) >= 11 is 0. The Morgan fingerprint density at radius 3 is 1.15 bits per heavy atom. The topological polar surface area (TPSA) is 41.9 Å². The first-order valence-electron chi connectivity index (χ1n) is 24.1. The van der Waals surface area contributed by atoms with E-state index in [1.54, 1.807) is 0 Å². The number of benzene rings is 11. The zero-order valence-electron chi connectivity index (χ0n) is 38.7. The molecule has 4 nitrogen and oxygen atoms in total. The van der Waals surface area contributed by atoms with Gasteiger partial charge in [0.2, 0.25) is 0 Å². The van der Waals surface area contributed by atoms with Crippen molar-refractivity contribution in [2.75, 3.05) is 4.90 Å². The summed E-state index contributed by atoms with van der Waals surface area (Å²) < 4.78 is 0. The Morgan fingerprint density at radius 1 is 0.211 bits per heavy atom. The SMILES string of the molecule is c1ccc(-c2cccc(N(c3ccc(-c4cccc5cccc(-c6nc(-c7ccccc7)nc(-c7ccccc7)n6)c45)cc3)c3ccc4c(c3)-c3ccccc3-c3ccccc3-c3ccccc3-4)c2)cc1. The molecular formula is C67H44N4. The third kappa shape index (κ3) is 7.65. The van der Waals surface area contributed by atoms with Crippen LogP contribution in [0.3, 0.4) is 0 Å². The molecule has 0 N–H and O–H groups in total. The second-order valence-corrected chi connectivity index (χ2v) is 17.9. The van der Waals surface area contributed by atoms with Crippen LogP contribution in [0.15, 0.2) is 267 Å². The van der Waals surface area contributed by atoms with Gasteiger partial charge in [0.05, 0.1) is 0 Å². The van der Waals surface area contributed by atoms with Gasteiger partial charge in [0.15, 0.2) is 17.5 Å². The van der Waals surface area contributed by atoms with Crippen LogP contribution >= 0.6 is 0 Å². The van der Waals surface area contributed by atoms with Crippen molar-refractivity contribution in [3.8, 4) is 101 Å². The number of rotatable bonds is 8. The van der Waals surface area contributed by atoms with Gasteiger partial charge in [0.1, 0.15) is 0 Å². The summed E-state index contributed by atoms with van der Waals surface area (Å²) in [4.78, 5) is 17.7. The average molecular weight is 905 g/mol. The van der Waals surface area contributed by atoms with Crippen molar-refractivity contribution in [1.82, 2.24) is 15.0 Å². The van der Waals surface area contributed by atoms with Crippen LogP contribution in [0.5, 0.6) is 0 Å². The van der Waals surface area contributed by atoms with Gasteiger partial charge < -0.3 is 4.90 Å². The third-order valence-corrected chi connectivity index (χ3v) is 13.7. The molecule has 0 bridgehead atoms. The molecule has 0 fully saturated rings. The summed E-state index contributed by atoms with van der Waals surface area (Å²) in [5, 5.41) is 2.19. The minimum Gasteiger partial charge on any atom is -0.310 e. The quantitative estimate of drug-likeness (QED) is 0.152. The third-order valence-electron chi connectivity index (χ3n) is 13.7. The summed E-state index contributed by atoms with van der Waals surface area (Å²) in [6.07, 6.45) is 0. The van der Waals surface area contributed by atoms with Gasteiger partial charge in [-0.3, -0.25) is 0 Å². The van der Waals surface area contributed by atoms with E-state index in [0.717, 1.165) is 61.2 Å². The Bertz CT molecular complexity index is 3850. The van der Waals surface area contributed by atoms with E-state index in [-0.39, 0.29) is 0 Å². The highest BCUT2D eigenvalue weighted by molar-refractivity contribution is 6.07. The Kier molecular flexibility index (Phi) is 10.5. The monoisotopic (exact) mass is 904 g/mol. The molecule has 0 saturated carbocycles. The van der Waals surface area contributed by atoms with Crippen LogP contribution < -0.4 is 4.90 Å². The van der Waals surface area contributed by atoms with Gasteiger partial charge in [0, 0.05) is 39.1 Å². The average Bonchev–Trinajstić information content (AvgIpc) is 3.45. The molecule has 0 amide bonds. The molecule has 332 valence electrons. The Labute approximate surface area is 413 Å². The van der Waals surface area contributed by atoms with Crippen LogP contribution in [-0.4, -0.2) is 15.0 Å². The van der Waals surface area contributed by atoms with Crippen molar-refractivity contribution in [2.45, 2.75) is 0 Å². The Balaban J connectivity index is 0.972. The fraction of sp³-hybridized carbons (Fsp3) is 0. The molecule has 0 atom stereocenters. The maximum atomic E-state index is 5.17. The fourth-order valence-electron chi connectivity index (χ4n) is 10.4. The number of hydrogen-bond acceptors (Lipinski definition) is 4. The molecule has 12 aromatic rings. The van der Waals surface area contributed by atoms with E-state index in [1.807, 2.05) is 36.4 Å². The fourth-order valence-corrected chi connectivity index (χ4v) is 10.4. The van der Waals surface area contributed by atoms with Crippen molar-refractivity contribution in [3.05, 3.63) is 267 Å². The smallest absolute Gasteiger partial charge is 0.164 e. The lowest BCUT2D eigenvalue weighted by molar-refractivity contribution is 1.08. The Hall–Kier alpha value is -9.51. The molecule has 0 radical (unpaired) electrons. The second kappa shape index (κ2) is 17.9. The maximum Gasteiger partial charge on any atom is 0.164 e. The van der Waals surface area contributed by atoms with Gasteiger partial charge in [0.25, 0.3) is 0 Å². The maximum absolute atomic E-state index is 5.17. The Morgan fingerprint density at radius 2 is 0.606 bits per heavy atom. The van der Waals surface area contributed by atoms with Crippen LogP contribution in [0.2, 0.25) is 0 Å². The lowest BCUT2D eigenvalue weighted by Crippen LogP contribution is -2.10. The largest absolute Gasteiger partial charge is 0.310 e. The van der Waals surface area contributed by atoms with Crippen molar-refractivity contribution >= 4 is 27.8 Å². The number of nitrogens with zero attached hydrogens (tertiary/aromatic N) is 4. The predicted octanol–water partition coefficient (Wildman–Crippen LogP) is 17.8. The van der Waals surface area contributed by atoms with Crippen LogP contribution in [0, 0.1) is 0 Å². The molecule has 1 aliphatic carbocycles. The zero-order chi connectivity index (χ0) is 47.1. The second-order valence-electron chi connectivity index (χ2n) is 17.9. The highest BCUT2D eigenvalue weighted by atomic mass is 15.1. The molecule has 0 saturated heterocycles. The van der Waals surface area contributed by atoms with E-state index in [2.05, 4.69) is 235 Å². The highest BCUT2D eigenvalue weighted by Crippen LogP contribution is 2.50. The first kappa shape index (κ1) is 41.7. The van der Waals surface area contributed by atoms with E-state index in [0.29, 0.717) is 17.5 Å². The summed E-state index contributed by atoms with van der Waals surface area (Å²) in [7, 11) is 0. The number of fused-ring (bicyclic) bond motifs is 9. The molecule has 4 heteroatoms. The number of hydrogen-bond donors (Lipinski definition) is 0. The van der Waals surface area contributed by atoms with Crippen LogP contribution in [0.1, 0.15) is 0 Å². The van der Waals surface area contributed by atoms with E-state index in [9.17, 15) is 0 Å². The van der Waals surface area contributed by atoms with Crippen molar-refractivity contribution in [2.24, 2.45) is 0 Å². The predicted molar refractivity (Wildman–Crippen MR) is 294 cm³/mol. The van der Waals surface area contributed by atoms with Gasteiger partial charge in [-0.05, 0) is 109 Å². The summed E-state index contributed by atoms with van der Waals surface area (Å²) in [5.74, 6) is 1.90. The first-order valence-corrected chi connectivity index (χ1v) is 24.1. The zero-order valence-corrected chi connectivity index (χ0v) is 38.7. The first-order chi connectivity index (χ1) is 35.2. The summed E-state index contributed by atoms with van der Waals surface area (Å²) in [5.41, 5.74) is 20.2. The van der Waals surface area contributed by atoms with E-state index < -0.39 is 0 Å². The molecule has 0 unspecified atom stereocenters. The van der Waals surface area contributed by atoms with Gasteiger partial charge in [-0.2, -0.15) is 0 Å². The lowest BCUT2D eigenvalue weighted by atomic mass is 9.81. The highest BCUT2D eigenvalue weighted by Gasteiger charge is 2.24. The normalized spacial score (nSPS) is 11.4. The molecule has 11 aromatic carbocycles. The molecule has 1 heterocycles. The minimum absolute atomic E-state index is 0.628. The molecular weight excluding hydrogens is 861 g/mol. The van der Waals surface area contributed by atoms with Crippen LogP contribution in [0.4, 0.5) is 17.1 Å². The molecule has 1 aromatic heterocycles. The van der Waals surface area contributed by atoms with Crippen LogP contribution in [0.25, 0.3) is 112 Å². The van der Waals surface area contributed by atoms with Crippen molar-refractivity contribution in [1.29, 1.82) is 0 Å². The molecule has 1 aliphatic rings. The van der Waals surface area contributed by atoms with Crippen molar-refractivity contribution in [3.63, 3.8) is 0 Å². The number of aromatic nitrogens is 3. The standard InChI is InChI=1S/C67H44N4/c1-4-19-45(20-5-1)50-27-16-28-52(43-50)71(53-41-42-61-59-33-13-12-31-57(59)55-29-10-11-30-56(55)58-32-14-15-34-60(58)63(61)44-53)51-39-37-46(38-40-51)54-35-17-25-47-26-18-36-62(64(47)54)67-69-65(48-21-6-2-7-22-48)68-66(70-67)49-23-8-3-9-24-49/h1-44H. The molecule has 13 rings (SSSR count). The number of anilines is 3. The summed E-state index contributed by atoms with van der Waals surface area (Å²) in [6.45, 7) is 0. The molecule has 0 aliphatic heterocycles. The van der Waals surface area contributed by atoms with E-state index >= 15 is 0 Å². The van der Waals surface area contributed by atoms with Crippen molar-refractivity contribution < 1.29 is 0 Å². The van der Waals surface area contributed by atoms with Gasteiger partial charge in [-0.25, -0.2) is 15.0 Å². The summed E-state index contributed by atoms with van der Waals surface area (Å²) in [6, 6.07) is 95.3. The minimum atomic E-state index is 0.628.